The number of ether oxygens (including phenoxy) is 1. The average molecular weight is 337 g/mol. The van der Waals surface area contributed by atoms with Gasteiger partial charge in [0.05, 0.1) is 11.5 Å². The van der Waals surface area contributed by atoms with Crippen molar-refractivity contribution in [2.45, 2.75) is 18.9 Å². The Hall–Kier alpha value is -2.68. The van der Waals surface area contributed by atoms with E-state index in [4.69, 9.17) is 9.84 Å². The maximum Gasteiger partial charge on any atom is 0.322 e. The van der Waals surface area contributed by atoms with Crippen LogP contribution in [0.4, 0.5) is 5.69 Å². The van der Waals surface area contributed by atoms with E-state index < -0.39 is 10.9 Å². The lowest BCUT2D eigenvalue weighted by Gasteiger charge is -2.31. The van der Waals surface area contributed by atoms with Crippen molar-refractivity contribution < 1.29 is 24.4 Å². The number of hydrogen-bond acceptors (Lipinski definition) is 6. The zero-order chi connectivity index (χ0) is 17.5. The first-order valence-electron chi connectivity index (χ1n) is 7.56. The number of hydrogen-bond donors (Lipinski definition) is 2. The van der Waals surface area contributed by atoms with Gasteiger partial charge in [-0.25, -0.2) is 0 Å². The summed E-state index contributed by atoms with van der Waals surface area (Å²) in [7, 11) is 0. The molecule has 1 fully saturated rings. The molecule has 1 saturated heterocycles. The summed E-state index contributed by atoms with van der Waals surface area (Å²) in [5.74, 6) is -0.802. The number of non-ortho nitro benzene ring substituents is 1. The van der Waals surface area contributed by atoms with E-state index in [1.165, 1.54) is 12.1 Å². The molecule has 0 bridgehead atoms. The molecule has 0 unspecified atom stereocenters. The third kappa shape index (κ3) is 5.51. The van der Waals surface area contributed by atoms with E-state index in [1.54, 1.807) is 12.1 Å². The fourth-order valence-corrected chi connectivity index (χ4v) is 2.46. The van der Waals surface area contributed by atoms with Crippen LogP contribution in [0.15, 0.2) is 24.3 Å². The number of nitrogens with zero attached hydrogens (tertiary/aromatic N) is 2. The number of aliphatic carboxylic acids is 1. The Bertz CT molecular complexity index is 596. The molecule has 0 saturated carbocycles. The first kappa shape index (κ1) is 17.7. The van der Waals surface area contributed by atoms with Crippen molar-refractivity contribution in [3.63, 3.8) is 0 Å². The van der Waals surface area contributed by atoms with Crippen LogP contribution in [0.3, 0.4) is 0 Å². The molecular formula is C15H19N3O6. The van der Waals surface area contributed by atoms with Crippen LogP contribution in [0.2, 0.25) is 0 Å². The first-order chi connectivity index (χ1) is 11.4. The Balaban J connectivity index is 1.73. The van der Waals surface area contributed by atoms with Gasteiger partial charge < -0.3 is 15.2 Å². The van der Waals surface area contributed by atoms with Crippen LogP contribution in [0.25, 0.3) is 0 Å². The molecule has 0 spiro atoms. The Morgan fingerprint density at radius 2 is 1.92 bits per heavy atom. The SMILES string of the molecule is O=C(O)CNC(=O)CN1CCC(Oc2ccc([N+](=O)[O-])cc2)CC1. The second-order valence-electron chi connectivity index (χ2n) is 5.51. The summed E-state index contributed by atoms with van der Waals surface area (Å²) in [6.07, 6.45) is 1.44. The largest absolute Gasteiger partial charge is 0.490 e. The van der Waals surface area contributed by atoms with Gasteiger partial charge in [0.25, 0.3) is 5.69 Å². The molecule has 1 amide bonds. The topological polar surface area (TPSA) is 122 Å². The number of carbonyl (C=O) groups excluding carboxylic acids is 1. The lowest BCUT2D eigenvalue weighted by molar-refractivity contribution is -0.384. The molecule has 9 nitrogen and oxygen atoms in total. The van der Waals surface area contributed by atoms with E-state index in [0.29, 0.717) is 18.8 Å². The third-order valence-corrected chi connectivity index (χ3v) is 3.69. The van der Waals surface area contributed by atoms with E-state index in [-0.39, 0.29) is 30.8 Å². The third-order valence-electron chi connectivity index (χ3n) is 3.69. The Morgan fingerprint density at radius 3 is 2.46 bits per heavy atom. The number of nitro groups is 1. The van der Waals surface area contributed by atoms with Crippen LogP contribution in [-0.2, 0) is 9.59 Å². The van der Waals surface area contributed by atoms with E-state index in [9.17, 15) is 19.7 Å². The molecule has 1 aliphatic heterocycles. The summed E-state index contributed by atoms with van der Waals surface area (Å²) in [5, 5.41) is 21.4. The van der Waals surface area contributed by atoms with Crippen molar-refractivity contribution in [3.05, 3.63) is 34.4 Å². The van der Waals surface area contributed by atoms with Crippen molar-refractivity contribution in [1.29, 1.82) is 0 Å². The summed E-state index contributed by atoms with van der Waals surface area (Å²) in [6, 6.07) is 5.95. The number of carboxylic acids is 1. The number of rotatable bonds is 7. The van der Waals surface area contributed by atoms with Gasteiger partial charge in [0.1, 0.15) is 18.4 Å². The predicted octanol–water partition coefficient (Wildman–Crippen LogP) is 0.639. The molecule has 2 rings (SSSR count). The van der Waals surface area contributed by atoms with Gasteiger partial charge >= 0.3 is 5.97 Å². The van der Waals surface area contributed by atoms with Gasteiger partial charge in [-0.3, -0.25) is 24.6 Å². The highest BCUT2D eigenvalue weighted by molar-refractivity contribution is 5.82. The van der Waals surface area contributed by atoms with E-state index in [2.05, 4.69) is 5.32 Å². The van der Waals surface area contributed by atoms with Gasteiger partial charge in [-0.05, 0) is 25.0 Å². The average Bonchev–Trinajstić information content (AvgIpc) is 2.55. The summed E-state index contributed by atoms with van der Waals surface area (Å²) in [4.78, 5) is 34.0. The van der Waals surface area contributed by atoms with E-state index >= 15 is 0 Å². The zero-order valence-electron chi connectivity index (χ0n) is 13.0. The van der Waals surface area contributed by atoms with Gasteiger partial charge in [0, 0.05) is 25.2 Å². The minimum Gasteiger partial charge on any atom is -0.490 e. The summed E-state index contributed by atoms with van der Waals surface area (Å²) in [5.41, 5.74) is 0.0181. The Morgan fingerprint density at radius 1 is 1.29 bits per heavy atom. The molecular weight excluding hydrogens is 318 g/mol. The molecule has 1 aromatic carbocycles. The van der Waals surface area contributed by atoms with Gasteiger partial charge in [0.15, 0.2) is 0 Å². The van der Waals surface area contributed by atoms with E-state index in [0.717, 1.165) is 12.8 Å². The lowest BCUT2D eigenvalue weighted by Crippen LogP contribution is -2.44. The number of carboxylic acid groups (broad SMARTS) is 1. The minimum absolute atomic E-state index is 0.00946. The minimum atomic E-state index is -1.07. The molecule has 130 valence electrons. The molecule has 0 aliphatic carbocycles. The summed E-state index contributed by atoms with van der Waals surface area (Å²) in [6.45, 7) is 1.12. The van der Waals surface area contributed by atoms with Crippen LogP contribution < -0.4 is 10.1 Å². The van der Waals surface area contributed by atoms with Crippen molar-refractivity contribution >= 4 is 17.6 Å². The number of benzene rings is 1. The second kappa shape index (κ2) is 8.25. The zero-order valence-corrected chi connectivity index (χ0v) is 13.0. The van der Waals surface area contributed by atoms with Crippen molar-refractivity contribution in [2.24, 2.45) is 0 Å². The van der Waals surface area contributed by atoms with Gasteiger partial charge in [0.2, 0.25) is 5.91 Å². The summed E-state index contributed by atoms with van der Waals surface area (Å²) < 4.78 is 5.79. The van der Waals surface area contributed by atoms with Crippen LogP contribution in [-0.4, -0.2) is 59.1 Å². The van der Waals surface area contributed by atoms with Gasteiger partial charge in [-0.1, -0.05) is 0 Å². The van der Waals surface area contributed by atoms with Crippen LogP contribution in [0.5, 0.6) is 5.75 Å². The predicted molar refractivity (Wildman–Crippen MR) is 83.8 cm³/mol. The first-order valence-corrected chi connectivity index (χ1v) is 7.56. The van der Waals surface area contributed by atoms with Crippen LogP contribution in [0, 0.1) is 10.1 Å². The standard InChI is InChI=1S/C15H19N3O6/c19-14(16-9-15(20)21)10-17-7-5-13(6-8-17)24-12-3-1-11(2-4-12)18(22)23/h1-4,13H,5-10H2,(H,16,19)(H,20,21). The Kier molecular flexibility index (Phi) is 6.07. The molecule has 1 heterocycles. The molecule has 0 radical (unpaired) electrons. The van der Waals surface area contributed by atoms with Crippen LogP contribution >= 0.6 is 0 Å². The highest BCUT2D eigenvalue weighted by Crippen LogP contribution is 2.21. The molecule has 9 heteroatoms. The monoisotopic (exact) mass is 337 g/mol. The van der Waals surface area contributed by atoms with Crippen molar-refractivity contribution in [1.82, 2.24) is 10.2 Å². The summed E-state index contributed by atoms with van der Waals surface area (Å²) >= 11 is 0. The lowest BCUT2D eigenvalue weighted by atomic mass is 10.1. The second-order valence-corrected chi connectivity index (χ2v) is 5.51. The molecule has 2 N–H and O–H groups in total. The number of nitrogens with one attached hydrogen (secondary N) is 1. The quantitative estimate of drug-likeness (QED) is 0.553. The molecule has 0 aromatic heterocycles. The maximum absolute atomic E-state index is 11.6. The van der Waals surface area contributed by atoms with Crippen molar-refractivity contribution in [2.75, 3.05) is 26.2 Å². The number of likely N-dealkylation sites (tertiary alicyclic amines) is 1. The Labute approximate surface area is 138 Å². The number of carbonyl (C=O) groups is 2. The number of nitro benzene ring substituents is 1. The highest BCUT2D eigenvalue weighted by atomic mass is 16.6. The maximum atomic E-state index is 11.6. The molecule has 1 aliphatic rings. The molecule has 1 aromatic rings. The fourth-order valence-electron chi connectivity index (χ4n) is 2.46. The fraction of sp³-hybridized carbons (Fsp3) is 0.467. The van der Waals surface area contributed by atoms with Gasteiger partial charge in [-0.15, -0.1) is 0 Å². The highest BCUT2D eigenvalue weighted by Gasteiger charge is 2.22. The number of piperidine rings is 1. The molecule has 0 atom stereocenters. The van der Waals surface area contributed by atoms with Gasteiger partial charge in [-0.2, -0.15) is 0 Å². The smallest absolute Gasteiger partial charge is 0.322 e. The van der Waals surface area contributed by atoms with Crippen molar-refractivity contribution in [3.8, 4) is 5.75 Å². The van der Waals surface area contributed by atoms with E-state index in [1.807, 2.05) is 4.90 Å². The molecule has 24 heavy (non-hydrogen) atoms. The number of amides is 1. The van der Waals surface area contributed by atoms with Crippen LogP contribution in [0.1, 0.15) is 12.8 Å². The normalized spacial score (nSPS) is 15.7.